The van der Waals surface area contributed by atoms with Crippen LogP contribution in [0.1, 0.15) is 69.7 Å². The summed E-state index contributed by atoms with van der Waals surface area (Å²) in [6.45, 7) is 12.0. The summed E-state index contributed by atoms with van der Waals surface area (Å²) < 4.78 is 0. The molecule has 0 bridgehead atoms. The zero-order chi connectivity index (χ0) is 20.1. The minimum Gasteiger partial charge on any atom is -0.392 e. The van der Waals surface area contributed by atoms with Crippen molar-refractivity contribution in [1.29, 1.82) is 0 Å². The van der Waals surface area contributed by atoms with E-state index in [0.717, 1.165) is 12.0 Å². The van der Waals surface area contributed by atoms with Gasteiger partial charge in [0.1, 0.15) is 0 Å². The number of aliphatic hydroxyl groups is 1. The molecule has 0 spiro atoms. The van der Waals surface area contributed by atoms with Gasteiger partial charge in [-0.25, -0.2) is 0 Å². The smallest absolute Gasteiger partial charge is 0.0682 e. The van der Waals surface area contributed by atoms with Crippen LogP contribution in [0.3, 0.4) is 0 Å². The second kappa shape index (κ2) is 6.74. The SMILES string of the molecule is CCc1c(-c2ccc3cc(CO)ccc3c2)ccc2c1C(C)(C)CCC2(C)C. The Balaban J connectivity index is 1.93. The minimum absolute atomic E-state index is 0.0906. The fraction of sp³-hybridized carbons (Fsp3) is 0.407. The van der Waals surface area contributed by atoms with Crippen LogP contribution in [0.2, 0.25) is 0 Å². The summed E-state index contributed by atoms with van der Waals surface area (Å²) in [6.07, 6.45) is 3.54. The van der Waals surface area contributed by atoms with Gasteiger partial charge >= 0.3 is 0 Å². The molecule has 1 N–H and O–H groups in total. The van der Waals surface area contributed by atoms with Crippen LogP contribution in [-0.2, 0) is 23.9 Å². The van der Waals surface area contributed by atoms with Crippen molar-refractivity contribution in [2.45, 2.75) is 71.3 Å². The van der Waals surface area contributed by atoms with Crippen LogP contribution in [0.15, 0.2) is 48.5 Å². The van der Waals surface area contributed by atoms with Crippen LogP contribution >= 0.6 is 0 Å². The van der Waals surface area contributed by atoms with Gasteiger partial charge in [0.05, 0.1) is 6.61 Å². The van der Waals surface area contributed by atoms with E-state index in [1.54, 1.807) is 5.56 Å². The fourth-order valence-corrected chi connectivity index (χ4v) is 5.07. The summed E-state index contributed by atoms with van der Waals surface area (Å²) >= 11 is 0. The molecule has 146 valence electrons. The maximum absolute atomic E-state index is 9.40. The molecule has 3 aromatic carbocycles. The van der Waals surface area contributed by atoms with E-state index in [9.17, 15) is 5.11 Å². The van der Waals surface area contributed by atoms with Gasteiger partial charge in [-0.05, 0) is 86.4 Å². The van der Waals surface area contributed by atoms with Gasteiger partial charge in [0.15, 0.2) is 0 Å². The largest absolute Gasteiger partial charge is 0.392 e. The lowest BCUT2D eigenvalue weighted by Gasteiger charge is -2.43. The fourth-order valence-electron chi connectivity index (χ4n) is 5.07. The Hall–Kier alpha value is -2.12. The van der Waals surface area contributed by atoms with Gasteiger partial charge in [0, 0.05) is 0 Å². The molecule has 0 fully saturated rings. The second-order valence-electron chi connectivity index (χ2n) is 9.69. The standard InChI is InChI=1S/C27H32O/c1-6-22-23(11-12-24-25(22)27(4,5)14-13-26(24,2)3)21-10-9-19-15-18(17-28)7-8-20(19)16-21/h7-12,15-16,28H,6,13-14,17H2,1-5H3. The highest BCUT2D eigenvalue weighted by atomic mass is 16.3. The average Bonchev–Trinajstić information content (AvgIpc) is 2.69. The number of hydrogen-bond acceptors (Lipinski definition) is 1. The molecule has 28 heavy (non-hydrogen) atoms. The van der Waals surface area contributed by atoms with E-state index >= 15 is 0 Å². The topological polar surface area (TPSA) is 20.2 Å². The van der Waals surface area contributed by atoms with Gasteiger partial charge in [0.25, 0.3) is 0 Å². The van der Waals surface area contributed by atoms with E-state index in [4.69, 9.17) is 0 Å². The maximum Gasteiger partial charge on any atom is 0.0682 e. The summed E-state index contributed by atoms with van der Waals surface area (Å²) in [5.74, 6) is 0. The van der Waals surface area contributed by atoms with Crippen LogP contribution < -0.4 is 0 Å². The lowest BCUT2D eigenvalue weighted by molar-refractivity contribution is 0.282. The molecule has 0 aliphatic heterocycles. The van der Waals surface area contributed by atoms with Crippen molar-refractivity contribution in [2.24, 2.45) is 0 Å². The summed E-state index contributed by atoms with van der Waals surface area (Å²) in [6, 6.07) is 17.7. The molecule has 0 amide bonds. The third-order valence-electron chi connectivity index (χ3n) is 6.85. The van der Waals surface area contributed by atoms with Crippen molar-refractivity contribution in [3.63, 3.8) is 0 Å². The first-order valence-corrected chi connectivity index (χ1v) is 10.6. The van der Waals surface area contributed by atoms with Crippen molar-refractivity contribution in [3.8, 4) is 11.1 Å². The monoisotopic (exact) mass is 372 g/mol. The molecule has 0 aromatic heterocycles. The van der Waals surface area contributed by atoms with Crippen molar-refractivity contribution >= 4 is 10.8 Å². The molecular weight excluding hydrogens is 340 g/mol. The van der Waals surface area contributed by atoms with Crippen molar-refractivity contribution in [2.75, 3.05) is 0 Å². The van der Waals surface area contributed by atoms with E-state index in [1.807, 2.05) is 6.07 Å². The normalized spacial score (nSPS) is 17.5. The highest BCUT2D eigenvalue weighted by Gasteiger charge is 2.38. The first-order valence-electron chi connectivity index (χ1n) is 10.6. The Kier molecular flexibility index (Phi) is 4.62. The Labute approximate surface area is 169 Å². The molecule has 3 aromatic rings. The van der Waals surface area contributed by atoms with Crippen molar-refractivity contribution in [3.05, 3.63) is 70.8 Å². The predicted octanol–water partition coefficient (Wildman–Crippen LogP) is 6.91. The van der Waals surface area contributed by atoms with E-state index in [-0.39, 0.29) is 17.4 Å². The maximum atomic E-state index is 9.40. The Morgan fingerprint density at radius 1 is 0.821 bits per heavy atom. The molecule has 0 radical (unpaired) electrons. The number of aliphatic hydroxyl groups excluding tert-OH is 1. The van der Waals surface area contributed by atoms with Gasteiger partial charge in [0.2, 0.25) is 0 Å². The average molecular weight is 373 g/mol. The Morgan fingerprint density at radius 2 is 1.50 bits per heavy atom. The van der Waals surface area contributed by atoms with E-state index in [2.05, 4.69) is 77.1 Å². The first kappa shape index (κ1) is 19.2. The van der Waals surface area contributed by atoms with Crippen LogP contribution in [0.5, 0.6) is 0 Å². The molecule has 1 aliphatic carbocycles. The molecule has 1 heteroatoms. The molecule has 0 saturated carbocycles. The number of fused-ring (bicyclic) bond motifs is 2. The van der Waals surface area contributed by atoms with Gasteiger partial charge < -0.3 is 5.11 Å². The quantitative estimate of drug-likeness (QED) is 0.529. The third-order valence-corrected chi connectivity index (χ3v) is 6.85. The summed E-state index contributed by atoms with van der Waals surface area (Å²) in [5, 5.41) is 11.8. The Bertz CT molecular complexity index is 1040. The zero-order valence-corrected chi connectivity index (χ0v) is 17.9. The summed E-state index contributed by atoms with van der Waals surface area (Å²) in [7, 11) is 0. The number of hydrogen-bond donors (Lipinski definition) is 1. The summed E-state index contributed by atoms with van der Waals surface area (Å²) in [5.41, 5.74) is 8.74. The molecular formula is C27H32O. The molecule has 0 saturated heterocycles. The molecule has 0 atom stereocenters. The predicted molar refractivity (Wildman–Crippen MR) is 120 cm³/mol. The second-order valence-corrected chi connectivity index (χ2v) is 9.69. The zero-order valence-electron chi connectivity index (χ0n) is 17.9. The molecule has 1 nitrogen and oxygen atoms in total. The molecule has 0 unspecified atom stereocenters. The summed E-state index contributed by atoms with van der Waals surface area (Å²) in [4.78, 5) is 0. The molecule has 4 rings (SSSR count). The van der Waals surface area contributed by atoms with Crippen LogP contribution in [0, 0.1) is 0 Å². The lowest BCUT2D eigenvalue weighted by atomic mass is 9.61. The van der Waals surface area contributed by atoms with E-state index < -0.39 is 0 Å². The molecule has 0 heterocycles. The number of benzene rings is 3. The van der Waals surface area contributed by atoms with E-state index in [0.29, 0.717) is 0 Å². The highest BCUT2D eigenvalue weighted by molar-refractivity contribution is 5.88. The van der Waals surface area contributed by atoms with Crippen molar-refractivity contribution < 1.29 is 5.11 Å². The van der Waals surface area contributed by atoms with E-state index in [1.165, 1.54) is 45.9 Å². The molecule has 1 aliphatic rings. The van der Waals surface area contributed by atoms with Crippen LogP contribution in [-0.4, -0.2) is 5.11 Å². The van der Waals surface area contributed by atoms with Crippen LogP contribution in [0.4, 0.5) is 0 Å². The van der Waals surface area contributed by atoms with Crippen LogP contribution in [0.25, 0.3) is 21.9 Å². The van der Waals surface area contributed by atoms with Gasteiger partial charge in [-0.15, -0.1) is 0 Å². The van der Waals surface area contributed by atoms with Gasteiger partial charge in [-0.2, -0.15) is 0 Å². The highest BCUT2D eigenvalue weighted by Crippen LogP contribution is 2.49. The minimum atomic E-state index is 0.0906. The first-order chi connectivity index (χ1) is 13.3. The van der Waals surface area contributed by atoms with Crippen molar-refractivity contribution in [1.82, 2.24) is 0 Å². The third kappa shape index (κ3) is 3.06. The lowest BCUT2D eigenvalue weighted by Crippen LogP contribution is -2.35. The van der Waals surface area contributed by atoms with Gasteiger partial charge in [-0.3, -0.25) is 0 Å². The Morgan fingerprint density at radius 3 is 2.21 bits per heavy atom. The van der Waals surface area contributed by atoms with Gasteiger partial charge in [-0.1, -0.05) is 71.0 Å². The number of rotatable bonds is 3.